The van der Waals surface area contributed by atoms with Crippen molar-refractivity contribution in [2.45, 2.75) is 13.0 Å². The van der Waals surface area contributed by atoms with Gasteiger partial charge in [0.1, 0.15) is 0 Å². The van der Waals surface area contributed by atoms with Gasteiger partial charge in [-0.15, -0.1) is 0 Å². The van der Waals surface area contributed by atoms with Crippen molar-refractivity contribution in [3.63, 3.8) is 0 Å². The molecule has 1 aromatic carbocycles. The van der Waals surface area contributed by atoms with Gasteiger partial charge in [0.15, 0.2) is 0 Å². The van der Waals surface area contributed by atoms with Gasteiger partial charge in [-0.3, -0.25) is 0 Å². The van der Waals surface area contributed by atoms with Crippen molar-refractivity contribution in [3.05, 3.63) is 45.8 Å². The molecule has 4 heteroatoms. The van der Waals surface area contributed by atoms with E-state index in [1.54, 1.807) is 0 Å². The molecular weight excluding hydrogens is 188 g/mol. The number of benzene rings is 1. The Hall–Kier alpha value is -1.95. The van der Waals surface area contributed by atoms with Crippen LogP contribution in [0.25, 0.3) is 10.4 Å². The molecule has 0 aliphatic heterocycles. The number of nitrogens with zero attached hydrogens (tertiary/aromatic N) is 3. The highest BCUT2D eigenvalue weighted by molar-refractivity contribution is 5.41. The van der Waals surface area contributed by atoms with E-state index in [-0.39, 0.29) is 0 Å². The van der Waals surface area contributed by atoms with Crippen LogP contribution in [0.15, 0.2) is 29.4 Å². The molecule has 0 unspecified atom stereocenters. The third-order valence-corrected chi connectivity index (χ3v) is 1.86. The lowest BCUT2D eigenvalue weighted by atomic mass is 10.1. The van der Waals surface area contributed by atoms with Gasteiger partial charge in [-0.05, 0) is 17.2 Å². The molecule has 0 bridgehead atoms. The van der Waals surface area contributed by atoms with Crippen molar-refractivity contribution in [2.75, 3.05) is 6.54 Å². The van der Waals surface area contributed by atoms with Crippen LogP contribution in [0.3, 0.4) is 0 Å². The summed E-state index contributed by atoms with van der Waals surface area (Å²) in [6.07, 6.45) is 0.572. The Kier molecular flexibility index (Phi) is 4.82. The highest BCUT2D eigenvalue weighted by Crippen LogP contribution is 2.05. The Morgan fingerprint density at radius 1 is 1.40 bits per heavy atom. The minimum atomic E-state index is 0.411. The summed E-state index contributed by atoms with van der Waals surface area (Å²) in [4.78, 5) is 2.65. The third-order valence-electron chi connectivity index (χ3n) is 1.86. The quantitative estimate of drug-likeness (QED) is 0.262. The van der Waals surface area contributed by atoms with Crippen LogP contribution in [0.2, 0.25) is 0 Å². The van der Waals surface area contributed by atoms with Crippen LogP contribution in [0.4, 0.5) is 0 Å². The second kappa shape index (κ2) is 6.50. The molecule has 0 aliphatic rings. The van der Waals surface area contributed by atoms with Crippen LogP contribution < -0.4 is 5.73 Å². The van der Waals surface area contributed by atoms with E-state index in [1.165, 1.54) is 0 Å². The van der Waals surface area contributed by atoms with Crippen molar-refractivity contribution in [2.24, 2.45) is 10.8 Å². The normalized spacial score (nSPS) is 8.60. The summed E-state index contributed by atoms with van der Waals surface area (Å²) in [7, 11) is 0. The van der Waals surface area contributed by atoms with Crippen LogP contribution in [-0.4, -0.2) is 6.54 Å². The number of azide groups is 1. The van der Waals surface area contributed by atoms with Crippen molar-refractivity contribution in [1.29, 1.82) is 0 Å². The standard InChI is InChI=1S/C11H12N4/c12-9-11-7-2-1-5-10(11)6-3-4-8-14-15-13/h1-2,5,7H,4,8-9,12H2. The molecule has 0 amide bonds. The van der Waals surface area contributed by atoms with E-state index in [4.69, 9.17) is 11.3 Å². The summed E-state index contributed by atoms with van der Waals surface area (Å²) < 4.78 is 0. The first-order valence-electron chi connectivity index (χ1n) is 4.66. The number of nitrogens with two attached hydrogens (primary N) is 1. The molecule has 0 heterocycles. The SMILES string of the molecule is [N-]=[N+]=NCCC#Cc1ccccc1CN. The van der Waals surface area contributed by atoms with Gasteiger partial charge >= 0.3 is 0 Å². The Bertz CT molecular complexity index is 422. The van der Waals surface area contributed by atoms with Crippen LogP contribution in [0.1, 0.15) is 17.5 Å². The topological polar surface area (TPSA) is 74.8 Å². The number of hydrogen-bond acceptors (Lipinski definition) is 2. The molecular formula is C11H12N4. The molecule has 0 atom stereocenters. The zero-order valence-corrected chi connectivity index (χ0v) is 8.35. The summed E-state index contributed by atoms with van der Waals surface area (Å²) in [5.41, 5.74) is 15.6. The minimum absolute atomic E-state index is 0.411. The van der Waals surface area contributed by atoms with E-state index in [2.05, 4.69) is 21.9 Å². The summed E-state index contributed by atoms with van der Waals surface area (Å²) >= 11 is 0. The van der Waals surface area contributed by atoms with Gasteiger partial charge in [0.25, 0.3) is 0 Å². The van der Waals surface area contributed by atoms with Crippen molar-refractivity contribution >= 4 is 0 Å². The third kappa shape index (κ3) is 3.74. The van der Waals surface area contributed by atoms with E-state index in [1.807, 2.05) is 24.3 Å². The molecule has 0 spiro atoms. The van der Waals surface area contributed by atoms with E-state index >= 15 is 0 Å². The van der Waals surface area contributed by atoms with Crippen molar-refractivity contribution in [3.8, 4) is 11.8 Å². The van der Waals surface area contributed by atoms with E-state index in [0.29, 0.717) is 19.5 Å². The molecule has 4 nitrogen and oxygen atoms in total. The van der Waals surface area contributed by atoms with Gasteiger partial charge < -0.3 is 5.73 Å². The molecule has 76 valence electrons. The summed E-state index contributed by atoms with van der Waals surface area (Å²) in [5.74, 6) is 5.95. The van der Waals surface area contributed by atoms with Crippen LogP contribution in [0.5, 0.6) is 0 Å². The zero-order chi connectivity index (χ0) is 10.9. The first-order valence-corrected chi connectivity index (χ1v) is 4.66. The summed E-state index contributed by atoms with van der Waals surface area (Å²) in [6, 6.07) is 7.75. The molecule has 1 aromatic rings. The molecule has 0 saturated heterocycles. The molecule has 0 radical (unpaired) electrons. The van der Waals surface area contributed by atoms with E-state index < -0.39 is 0 Å². The Morgan fingerprint density at radius 2 is 2.20 bits per heavy atom. The van der Waals surface area contributed by atoms with Crippen molar-refractivity contribution in [1.82, 2.24) is 0 Å². The molecule has 2 N–H and O–H groups in total. The highest BCUT2D eigenvalue weighted by atomic mass is 15.1. The van der Waals surface area contributed by atoms with Gasteiger partial charge in [-0.1, -0.05) is 35.2 Å². The molecule has 0 aliphatic carbocycles. The molecule has 0 saturated carbocycles. The second-order valence-electron chi connectivity index (χ2n) is 2.87. The molecule has 1 rings (SSSR count). The summed E-state index contributed by atoms with van der Waals surface area (Å²) in [5, 5.41) is 3.40. The van der Waals surface area contributed by atoms with Gasteiger partial charge in [0.05, 0.1) is 0 Å². The first kappa shape index (κ1) is 11.1. The molecule has 15 heavy (non-hydrogen) atoms. The van der Waals surface area contributed by atoms with Crippen molar-refractivity contribution < 1.29 is 0 Å². The van der Waals surface area contributed by atoms with Gasteiger partial charge in [-0.25, -0.2) is 0 Å². The zero-order valence-electron chi connectivity index (χ0n) is 8.35. The Morgan fingerprint density at radius 3 is 2.93 bits per heavy atom. The van der Waals surface area contributed by atoms with E-state index in [0.717, 1.165) is 11.1 Å². The molecule has 0 aromatic heterocycles. The maximum Gasteiger partial charge on any atom is 0.0367 e. The highest BCUT2D eigenvalue weighted by Gasteiger charge is 1.94. The maximum absolute atomic E-state index is 8.06. The predicted molar refractivity (Wildman–Crippen MR) is 59.8 cm³/mol. The maximum atomic E-state index is 8.06. The second-order valence-corrected chi connectivity index (χ2v) is 2.87. The average molecular weight is 200 g/mol. The lowest BCUT2D eigenvalue weighted by Crippen LogP contribution is -1.98. The fourth-order valence-electron chi connectivity index (χ4n) is 1.13. The fraction of sp³-hybridized carbons (Fsp3) is 0.273. The van der Waals surface area contributed by atoms with Gasteiger partial charge in [0, 0.05) is 30.0 Å². The number of hydrogen-bond donors (Lipinski definition) is 1. The molecule has 0 fully saturated rings. The van der Waals surface area contributed by atoms with Crippen LogP contribution in [0, 0.1) is 11.8 Å². The summed E-state index contributed by atoms with van der Waals surface area (Å²) in [6.45, 7) is 0.898. The smallest absolute Gasteiger partial charge is 0.0367 e. The number of rotatable bonds is 3. The monoisotopic (exact) mass is 200 g/mol. The lowest BCUT2D eigenvalue weighted by Gasteiger charge is -1.98. The van der Waals surface area contributed by atoms with Crippen LogP contribution >= 0.6 is 0 Å². The Labute approximate surface area is 88.7 Å². The first-order chi connectivity index (χ1) is 7.38. The van der Waals surface area contributed by atoms with Gasteiger partial charge in [-0.2, -0.15) is 0 Å². The lowest BCUT2D eigenvalue weighted by molar-refractivity contribution is 1.01. The van der Waals surface area contributed by atoms with E-state index in [9.17, 15) is 0 Å². The Balaban J connectivity index is 2.66. The largest absolute Gasteiger partial charge is 0.326 e. The predicted octanol–water partition coefficient (Wildman–Crippen LogP) is 2.20. The average Bonchev–Trinajstić information content (AvgIpc) is 2.29. The van der Waals surface area contributed by atoms with Gasteiger partial charge in [0.2, 0.25) is 0 Å². The van der Waals surface area contributed by atoms with Crippen LogP contribution in [-0.2, 0) is 6.54 Å². The minimum Gasteiger partial charge on any atom is -0.326 e. The fourth-order valence-corrected chi connectivity index (χ4v) is 1.13.